The molecule has 6 heteroatoms. The van der Waals surface area contributed by atoms with Crippen LogP contribution in [0.4, 0.5) is 5.82 Å². The van der Waals surface area contributed by atoms with Gasteiger partial charge in [0.15, 0.2) is 0 Å². The zero-order chi connectivity index (χ0) is 14.0. The molecule has 0 spiro atoms. The molecule has 2 heterocycles. The summed E-state index contributed by atoms with van der Waals surface area (Å²) in [6, 6.07) is 0.250. The molecule has 1 aromatic rings. The molecule has 19 heavy (non-hydrogen) atoms. The molecular weight excluding hydrogens is 308 g/mol. The van der Waals surface area contributed by atoms with Crippen LogP contribution in [0.25, 0.3) is 0 Å². The Bertz CT molecular complexity index is 472. The van der Waals surface area contributed by atoms with Crippen molar-refractivity contribution in [2.24, 2.45) is 5.41 Å². The van der Waals surface area contributed by atoms with Gasteiger partial charge in [-0.2, -0.15) is 0 Å². The average Bonchev–Trinajstić information content (AvgIpc) is 2.33. The lowest BCUT2D eigenvalue weighted by Crippen LogP contribution is -2.57. The molecule has 0 saturated carbocycles. The summed E-state index contributed by atoms with van der Waals surface area (Å²) in [5.74, 6) is 0.894. The van der Waals surface area contributed by atoms with Gasteiger partial charge in [0.05, 0.1) is 10.5 Å². The van der Waals surface area contributed by atoms with Gasteiger partial charge in [-0.15, -0.1) is 0 Å². The number of aromatic nitrogens is 2. The van der Waals surface area contributed by atoms with Crippen molar-refractivity contribution in [1.82, 2.24) is 15.3 Å². The van der Waals surface area contributed by atoms with Crippen LogP contribution in [0.1, 0.15) is 33.6 Å². The zero-order valence-electron chi connectivity index (χ0n) is 11.4. The molecule has 0 aromatic carbocycles. The van der Waals surface area contributed by atoms with Crippen LogP contribution < -0.4 is 10.6 Å². The maximum atomic E-state index is 11.6. The van der Waals surface area contributed by atoms with Crippen molar-refractivity contribution in [3.05, 3.63) is 17.0 Å². The smallest absolute Gasteiger partial charge is 0.220 e. The van der Waals surface area contributed by atoms with Crippen LogP contribution in [0, 0.1) is 5.41 Å². The summed E-state index contributed by atoms with van der Waals surface area (Å²) in [6.07, 6.45) is 4.58. The van der Waals surface area contributed by atoms with Crippen molar-refractivity contribution in [1.29, 1.82) is 0 Å². The highest BCUT2D eigenvalue weighted by atomic mass is 79.9. The fraction of sp³-hybridized carbons (Fsp3) is 0.615. The maximum absolute atomic E-state index is 11.6. The van der Waals surface area contributed by atoms with E-state index in [2.05, 4.69) is 57.3 Å². The minimum absolute atomic E-state index is 0.00669. The molecule has 1 fully saturated rings. The third-order valence-corrected chi connectivity index (χ3v) is 3.90. The van der Waals surface area contributed by atoms with Crippen LogP contribution in [0.15, 0.2) is 17.0 Å². The summed E-state index contributed by atoms with van der Waals surface area (Å²) in [4.78, 5) is 19.8. The van der Waals surface area contributed by atoms with E-state index in [4.69, 9.17) is 0 Å². The predicted octanol–water partition coefficient (Wildman–Crippen LogP) is 2.34. The van der Waals surface area contributed by atoms with E-state index in [1.54, 1.807) is 6.20 Å². The quantitative estimate of drug-likeness (QED) is 0.875. The summed E-state index contributed by atoms with van der Waals surface area (Å²) < 4.78 is 0.833. The lowest BCUT2D eigenvalue weighted by atomic mass is 9.79. The van der Waals surface area contributed by atoms with E-state index in [9.17, 15) is 4.79 Å². The number of carbonyl (C=O) groups excluding carboxylic acids is 1. The van der Waals surface area contributed by atoms with Gasteiger partial charge >= 0.3 is 0 Å². The Kier molecular flexibility index (Phi) is 4.08. The number of amides is 1. The van der Waals surface area contributed by atoms with Crippen LogP contribution in [0.5, 0.6) is 0 Å². The summed E-state index contributed by atoms with van der Waals surface area (Å²) in [5, 5.41) is 6.50. The molecule has 2 N–H and O–H groups in total. The van der Waals surface area contributed by atoms with Gasteiger partial charge in [-0.05, 0) is 27.8 Å². The number of rotatable bonds is 2. The van der Waals surface area contributed by atoms with Crippen molar-refractivity contribution in [2.75, 3.05) is 5.32 Å². The first-order valence-corrected chi connectivity index (χ1v) is 7.18. The molecule has 0 aliphatic carbocycles. The Hall–Kier alpha value is -1.17. The SMILES string of the molecule is CC(C)(C)[C@@H]1NC(=O)CC[C@H]1Nc1ncncc1Br. The number of halogens is 1. The number of nitrogens with one attached hydrogen (secondary N) is 2. The Balaban J connectivity index is 2.18. The minimum atomic E-state index is -0.00669. The third-order valence-electron chi connectivity index (χ3n) is 3.32. The van der Waals surface area contributed by atoms with Gasteiger partial charge in [0, 0.05) is 18.7 Å². The van der Waals surface area contributed by atoms with Gasteiger partial charge in [0.25, 0.3) is 0 Å². The number of nitrogens with zero attached hydrogens (tertiary/aromatic N) is 2. The van der Waals surface area contributed by atoms with Crippen LogP contribution >= 0.6 is 15.9 Å². The Morgan fingerprint density at radius 3 is 2.84 bits per heavy atom. The molecule has 1 saturated heterocycles. The van der Waals surface area contributed by atoms with Crippen LogP contribution in [-0.4, -0.2) is 28.0 Å². The van der Waals surface area contributed by atoms with Crippen molar-refractivity contribution in [3.63, 3.8) is 0 Å². The molecular formula is C13H19BrN4O. The lowest BCUT2D eigenvalue weighted by molar-refractivity contribution is -0.124. The van der Waals surface area contributed by atoms with E-state index >= 15 is 0 Å². The number of carbonyl (C=O) groups is 1. The second-order valence-corrected chi connectivity index (χ2v) is 6.77. The molecule has 1 aliphatic heterocycles. The molecule has 104 valence electrons. The van der Waals surface area contributed by atoms with Gasteiger partial charge < -0.3 is 10.6 Å². The second-order valence-electron chi connectivity index (χ2n) is 5.92. The molecule has 0 bridgehead atoms. The summed E-state index contributed by atoms with van der Waals surface area (Å²) >= 11 is 3.43. The third kappa shape index (κ3) is 3.43. The standard InChI is InChI=1S/C13H19BrN4O/c1-13(2,3)11-9(4-5-10(19)18-11)17-12-8(14)6-15-7-16-12/h6-7,9,11H,4-5H2,1-3H3,(H,18,19)(H,15,16,17)/t9-,11-/m1/s1. The van der Waals surface area contributed by atoms with E-state index < -0.39 is 0 Å². The fourth-order valence-corrected chi connectivity index (χ4v) is 2.70. The van der Waals surface area contributed by atoms with Gasteiger partial charge in [-0.3, -0.25) is 4.79 Å². The van der Waals surface area contributed by atoms with Gasteiger partial charge in [-0.25, -0.2) is 9.97 Å². The molecule has 2 atom stereocenters. The first-order chi connectivity index (χ1) is 8.88. The highest BCUT2D eigenvalue weighted by Crippen LogP contribution is 2.29. The topological polar surface area (TPSA) is 66.9 Å². The van der Waals surface area contributed by atoms with E-state index in [1.807, 2.05) is 0 Å². The highest BCUT2D eigenvalue weighted by molar-refractivity contribution is 9.10. The molecule has 1 aromatic heterocycles. The fourth-order valence-electron chi connectivity index (χ4n) is 2.37. The van der Waals surface area contributed by atoms with Crippen LogP contribution in [0.2, 0.25) is 0 Å². The Morgan fingerprint density at radius 1 is 1.47 bits per heavy atom. The highest BCUT2D eigenvalue weighted by Gasteiger charge is 2.37. The lowest BCUT2D eigenvalue weighted by Gasteiger charge is -2.41. The van der Waals surface area contributed by atoms with E-state index in [-0.39, 0.29) is 23.4 Å². The Morgan fingerprint density at radius 2 is 2.21 bits per heavy atom. The van der Waals surface area contributed by atoms with Gasteiger partial charge in [0.2, 0.25) is 5.91 Å². The molecule has 5 nitrogen and oxygen atoms in total. The second kappa shape index (κ2) is 5.45. The van der Waals surface area contributed by atoms with Crippen molar-refractivity contribution in [3.8, 4) is 0 Å². The number of piperidine rings is 1. The minimum Gasteiger partial charge on any atom is -0.364 e. The molecule has 1 amide bonds. The van der Waals surface area contributed by atoms with E-state index in [0.29, 0.717) is 6.42 Å². The number of hydrogen-bond acceptors (Lipinski definition) is 4. The molecule has 0 unspecified atom stereocenters. The predicted molar refractivity (Wildman–Crippen MR) is 77.8 cm³/mol. The summed E-state index contributed by atoms with van der Waals surface area (Å²) in [5.41, 5.74) is -0.00669. The van der Waals surface area contributed by atoms with Crippen molar-refractivity contribution >= 4 is 27.7 Å². The number of hydrogen-bond donors (Lipinski definition) is 2. The molecule has 2 rings (SSSR count). The summed E-state index contributed by atoms with van der Waals surface area (Å²) in [7, 11) is 0. The van der Waals surface area contributed by atoms with Crippen molar-refractivity contribution in [2.45, 2.75) is 45.7 Å². The Labute approximate surface area is 121 Å². The van der Waals surface area contributed by atoms with E-state index in [1.165, 1.54) is 6.33 Å². The molecule has 1 aliphatic rings. The first-order valence-electron chi connectivity index (χ1n) is 6.39. The van der Waals surface area contributed by atoms with Crippen LogP contribution in [0.3, 0.4) is 0 Å². The first kappa shape index (κ1) is 14.2. The normalized spacial score (nSPS) is 23.9. The van der Waals surface area contributed by atoms with Crippen molar-refractivity contribution < 1.29 is 4.79 Å². The van der Waals surface area contributed by atoms with E-state index in [0.717, 1.165) is 16.7 Å². The largest absolute Gasteiger partial charge is 0.364 e. The number of anilines is 1. The van der Waals surface area contributed by atoms with Gasteiger partial charge in [0.1, 0.15) is 12.1 Å². The zero-order valence-corrected chi connectivity index (χ0v) is 13.0. The van der Waals surface area contributed by atoms with Gasteiger partial charge in [-0.1, -0.05) is 20.8 Å². The maximum Gasteiger partial charge on any atom is 0.220 e. The summed E-state index contributed by atoms with van der Waals surface area (Å²) in [6.45, 7) is 6.40. The molecule has 0 radical (unpaired) electrons. The monoisotopic (exact) mass is 326 g/mol. The average molecular weight is 327 g/mol. The van der Waals surface area contributed by atoms with Crippen LogP contribution in [-0.2, 0) is 4.79 Å².